The summed E-state index contributed by atoms with van der Waals surface area (Å²) in [6.07, 6.45) is 0. The topological polar surface area (TPSA) is 20.2 Å². The molecule has 4 heteroatoms. The van der Waals surface area contributed by atoms with Crippen LogP contribution >= 0.6 is 0 Å². The van der Waals surface area contributed by atoms with Gasteiger partial charge >= 0.3 is 43.4 Å². The average Bonchev–Trinajstić information content (AvgIpc) is 1.37. The second-order valence-corrected chi connectivity index (χ2v) is 18.6. The summed E-state index contributed by atoms with van der Waals surface area (Å²) in [6, 6.07) is 0. The second-order valence-electron chi connectivity index (χ2n) is 0.205. The molecule has 24 valence electrons. The Morgan fingerprint density at radius 2 is 2.00 bits per heavy atom. The summed E-state index contributed by atoms with van der Waals surface area (Å²) in [7, 11) is 0. The zero-order valence-electron chi connectivity index (χ0n) is 1.92. The van der Waals surface area contributed by atoms with E-state index in [1.807, 2.05) is 0 Å². The van der Waals surface area contributed by atoms with Crippen LogP contribution in [0.3, 0.4) is 0 Å². The Bertz CT molecular complexity index is 18.5. The van der Waals surface area contributed by atoms with Gasteiger partial charge in [0.25, 0.3) is 0 Å². The van der Waals surface area contributed by atoms with E-state index in [1.54, 1.807) is 14.8 Å². The molecule has 0 aromatic rings. The van der Waals surface area contributed by atoms with Crippen molar-refractivity contribution in [3.05, 3.63) is 0 Å². The average molecular weight is 244 g/mol. The van der Waals surface area contributed by atoms with Crippen LogP contribution in [-0.2, 0) is 0 Å². The van der Waals surface area contributed by atoms with Gasteiger partial charge in [-0.1, -0.05) is 0 Å². The van der Waals surface area contributed by atoms with Crippen molar-refractivity contribution in [2.75, 3.05) is 0 Å². The van der Waals surface area contributed by atoms with Crippen molar-refractivity contribution in [1.82, 2.24) is 0 Å². The first-order valence-electron chi connectivity index (χ1n) is 0.658. The van der Waals surface area contributed by atoms with Gasteiger partial charge < -0.3 is 0 Å². The molecule has 0 fully saturated rings. The fourth-order valence-corrected chi connectivity index (χ4v) is 0. The fourth-order valence-electron chi connectivity index (χ4n) is 0. The van der Waals surface area contributed by atoms with Crippen molar-refractivity contribution in [2.24, 2.45) is 0 Å². The van der Waals surface area contributed by atoms with Gasteiger partial charge in [-0.15, -0.1) is 0 Å². The van der Waals surface area contributed by atoms with Gasteiger partial charge in [-0.2, -0.15) is 0 Å². The van der Waals surface area contributed by atoms with Gasteiger partial charge in [-0.3, -0.25) is 0 Å². The molecule has 0 radical (unpaired) electrons. The third-order valence-electron chi connectivity index (χ3n) is 0.0516. The number of hydrogen-bond donors (Lipinski definition) is 1. The molecule has 1 unspecified atom stereocenters. The van der Waals surface area contributed by atoms with E-state index in [4.69, 9.17) is 4.10 Å². The van der Waals surface area contributed by atoms with Crippen molar-refractivity contribution < 1.29 is 4.10 Å². The van der Waals surface area contributed by atoms with Crippen LogP contribution in [0, 0.1) is 0 Å². The molecular weight excluding hydrogens is 241 g/mol. The van der Waals surface area contributed by atoms with Gasteiger partial charge in [-0.05, 0) is 0 Å². The van der Waals surface area contributed by atoms with Crippen LogP contribution < -0.4 is 0 Å². The molecule has 0 rings (SSSR count). The third kappa shape index (κ3) is 3.64. The monoisotopic (exact) mass is 244 g/mol. The molecule has 0 spiro atoms. The molecule has 0 aliphatic heterocycles. The molecule has 0 aromatic carbocycles. The van der Waals surface area contributed by atoms with Gasteiger partial charge in [0.15, 0.2) is 0 Å². The van der Waals surface area contributed by atoms with E-state index in [0.717, 1.165) is 0 Å². The van der Waals surface area contributed by atoms with Gasteiger partial charge in [0.05, 0.1) is 0 Å². The van der Waals surface area contributed by atoms with Crippen LogP contribution in [0.1, 0.15) is 0 Å². The predicted octanol–water partition coefficient (Wildman–Crippen LogP) is -2.23. The Morgan fingerprint density at radius 3 is 2.00 bits per heavy atom. The zero-order valence-corrected chi connectivity index (χ0v) is 8.09. The molecule has 0 bridgehead atoms. The Hall–Kier alpha value is 1.64. The van der Waals surface area contributed by atoms with Crippen molar-refractivity contribution in [3.8, 4) is 0 Å². The Balaban J connectivity index is 2.55. The standard InChI is InChI=1S/As3H3O/c1-2-3-4/h4H,1H2. The summed E-state index contributed by atoms with van der Waals surface area (Å²) in [5.41, 5.74) is 0. The molecule has 0 aromatic heterocycles. The van der Waals surface area contributed by atoms with Crippen LogP contribution in [0.4, 0.5) is 0 Å². The molecule has 0 amide bonds. The van der Waals surface area contributed by atoms with E-state index in [9.17, 15) is 0 Å². The second kappa shape index (κ2) is 4.64. The van der Waals surface area contributed by atoms with Crippen LogP contribution in [0.5, 0.6) is 0 Å². The van der Waals surface area contributed by atoms with Crippen molar-refractivity contribution in [3.63, 3.8) is 0 Å². The molecular formula is H3As3O. The normalized spacial score (nSPS) is 9.50. The first kappa shape index (κ1) is 5.64. The summed E-state index contributed by atoms with van der Waals surface area (Å²) in [5.74, 6) is 0. The van der Waals surface area contributed by atoms with Crippen LogP contribution in [0.25, 0.3) is 0 Å². The Kier molecular flexibility index (Phi) is 6.53. The maximum absolute atomic E-state index is 8.03. The van der Waals surface area contributed by atoms with E-state index in [2.05, 4.69) is 0 Å². The summed E-state index contributed by atoms with van der Waals surface area (Å²) < 4.78 is 8.03. The van der Waals surface area contributed by atoms with Gasteiger partial charge in [-0.25, -0.2) is 0 Å². The van der Waals surface area contributed by atoms with E-state index < -0.39 is 0 Å². The summed E-state index contributed by atoms with van der Waals surface area (Å²) in [5, 5.41) is 0. The SMILES string of the molecule is O[As]=[As][AsH2]. The van der Waals surface area contributed by atoms with Crippen LogP contribution in [-0.4, -0.2) is 43.4 Å². The van der Waals surface area contributed by atoms with E-state index in [-0.39, 0.29) is 13.5 Å². The van der Waals surface area contributed by atoms with E-state index in [0.29, 0.717) is 11.1 Å². The molecule has 0 saturated heterocycles. The van der Waals surface area contributed by atoms with Gasteiger partial charge in [0.1, 0.15) is 0 Å². The summed E-state index contributed by atoms with van der Waals surface area (Å²) in [4.78, 5) is 0. The van der Waals surface area contributed by atoms with Gasteiger partial charge in [0.2, 0.25) is 0 Å². The molecule has 0 saturated carbocycles. The molecule has 0 aliphatic rings. The molecule has 4 heavy (non-hydrogen) atoms. The van der Waals surface area contributed by atoms with E-state index >= 15 is 0 Å². The minimum atomic E-state index is -0.163. The fraction of sp³-hybridized carbons (Fsp3) is 0. The first-order valence-corrected chi connectivity index (χ1v) is 13.4. The van der Waals surface area contributed by atoms with Crippen molar-refractivity contribution >= 4 is 39.3 Å². The molecule has 0 heterocycles. The van der Waals surface area contributed by atoms with E-state index in [1.165, 1.54) is 0 Å². The molecule has 1 atom stereocenters. The predicted molar refractivity (Wildman–Crippen MR) is 22.3 cm³/mol. The Labute approximate surface area is 43.3 Å². The Morgan fingerprint density at radius 1 is 1.75 bits per heavy atom. The zero-order chi connectivity index (χ0) is 3.41. The first-order chi connectivity index (χ1) is 1.91. The van der Waals surface area contributed by atoms with Crippen LogP contribution in [0.15, 0.2) is 0 Å². The maximum atomic E-state index is 8.03. The molecule has 0 aliphatic carbocycles. The minimum absolute atomic E-state index is 0.163. The number of hydrogen-bond acceptors (Lipinski definition) is 1. The summed E-state index contributed by atoms with van der Waals surface area (Å²) >= 11 is 1.97. The van der Waals surface area contributed by atoms with Crippen molar-refractivity contribution in [2.45, 2.75) is 0 Å². The summed E-state index contributed by atoms with van der Waals surface area (Å²) in [6.45, 7) is 0. The number of rotatable bonds is 0. The third-order valence-corrected chi connectivity index (χ3v) is 7.24. The quantitative estimate of drug-likeness (QED) is 0.478. The van der Waals surface area contributed by atoms with Gasteiger partial charge in [0, 0.05) is 0 Å². The van der Waals surface area contributed by atoms with Crippen molar-refractivity contribution in [1.29, 1.82) is 0 Å². The molecule has 1 N–H and O–H groups in total. The molecule has 1 nitrogen and oxygen atoms in total. The van der Waals surface area contributed by atoms with Crippen LogP contribution in [0.2, 0.25) is 0 Å².